The molecule has 4 nitrogen and oxygen atoms in total. The number of aromatic nitrogens is 1. The van der Waals surface area contributed by atoms with Crippen LogP contribution in [0.25, 0.3) is 11.0 Å². The second-order valence-electron chi connectivity index (χ2n) is 5.18. The van der Waals surface area contributed by atoms with Crippen molar-refractivity contribution in [1.82, 2.24) is 4.98 Å². The molecule has 2 heterocycles. The summed E-state index contributed by atoms with van der Waals surface area (Å²) in [7, 11) is 0. The zero-order valence-corrected chi connectivity index (χ0v) is 11.1. The molecule has 1 N–H and O–H groups in total. The molecule has 0 radical (unpaired) electrons. The Balaban J connectivity index is 1.96. The molecule has 1 aliphatic carbocycles. The van der Waals surface area contributed by atoms with E-state index in [1.165, 1.54) is 32.1 Å². The highest BCUT2D eigenvalue weighted by Crippen LogP contribution is 2.31. The number of pyridine rings is 1. The molecular weight excluding hydrogens is 240 g/mol. The van der Waals surface area contributed by atoms with Crippen LogP contribution in [-0.2, 0) is 0 Å². The Hall–Kier alpha value is -1.55. The third kappa shape index (κ3) is 2.45. The van der Waals surface area contributed by atoms with Crippen molar-refractivity contribution in [3.8, 4) is 0 Å². The van der Waals surface area contributed by atoms with Gasteiger partial charge in [0, 0.05) is 18.8 Å². The number of furan rings is 1. The summed E-state index contributed by atoms with van der Waals surface area (Å²) < 4.78 is 5.45. The van der Waals surface area contributed by atoms with Gasteiger partial charge in [0.15, 0.2) is 0 Å². The van der Waals surface area contributed by atoms with Crippen molar-refractivity contribution in [1.29, 1.82) is 0 Å². The van der Waals surface area contributed by atoms with Gasteiger partial charge in [-0.1, -0.05) is 19.3 Å². The van der Waals surface area contributed by atoms with Gasteiger partial charge in [-0.15, -0.1) is 0 Å². The van der Waals surface area contributed by atoms with Gasteiger partial charge in [0.25, 0.3) is 0 Å². The van der Waals surface area contributed by atoms with Crippen molar-refractivity contribution < 1.29 is 9.52 Å². The Morgan fingerprint density at radius 2 is 2.11 bits per heavy atom. The number of hydrogen-bond acceptors (Lipinski definition) is 4. The highest BCUT2D eigenvalue weighted by atomic mass is 16.3. The Kier molecular flexibility index (Phi) is 3.69. The molecule has 0 aromatic carbocycles. The van der Waals surface area contributed by atoms with Crippen molar-refractivity contribution in [3.63, 3.8) is 0 Å². The minimum absolute atomic E-state index is 0.159. The lowest BCUT2D eigenvalue weighted by molar-refractivity contribution is 0.289. The zero-order chi connectivity index (χ0) is 13.1. The van der Waals surface area contributed by atoms with Crippen molar-refractivity contribution in [2.45, 2.75) is 38.1 Å². The normalized spacial score (nSPS) is 16.9. The van der Waals surface area contributed by atoms with Gasteiger partial charge in [0.1, 0.15) is 11.4 Å². The average molecular weight is 260 g/mol. The van der Waals surface area contributed by atoms with Crippen molar-refractivity contribution in [3.05, 3.63) is 24.6 Å². The van der Waals surface area contributed by atoms with Gasteiger partial charge in [0.2, 0.25) is 0 Å². The first kappa shape index (κ1) is 12.5. The molecule has 0 bridgehead atoms. The van der Waals surface area contributed by atoms with Gasteiger partial charge in [-0.25, -0.2) is 4.98 Å². The SMILES string of the molecule is OCCN(c1nccc2occc12)C1CCCCC1. The van der Waals surface area contributed by atoms with Crippen LogP contribution in [0.15, 0.2) is 29.0 Å². The predicted octanol–water partition coefficient (Wildman–Crippen LogP) is 2.96. The summed E-state index contributed by atoms with van der Waals surface area (Å²) in [6, 6.07) is 4.34. The van der Waals surface area contributed by atoms with Crippen LogP contribution in [0.2, 0.25) is 0 Å². The summed E-state index contributed by atoms with van der Waals surface area (Å²) in [4.78, 5) is 6.79. The van der Waals surface area contributed by atoms with Gasteiger partial charge < -0.3 is 14.4 Å². The number of rotatable bonds is 4. The number of aliphatic hydroxyl groups is 1. The van der Waals surface area contributed by atoms with Gasteiger partial charge in [-0.3, -0.25) is 0 Å². The zero-order valence-electron chi connectivity index (χ0n) is 11.1. The topological polar surface area (TPSA) is 49.5 Å². The maximum atomic E-state index is 9.36. The van der Waals surface area contributed by atoms with E-state index in [-0.39, 0.29) is 6.61 Å². The molecular formula is C15H20N2O2. The molecule has 2 aromatic rings. The Bertz CT molecular complexity index is 532. The summed E-state index contributed by atoms with van der Waals surface area (Å²) >= 11 is 0. The van der Waals surface area contributed by atoms with E-state index in [0.717, 1.165) is 16.8 Å². The van der Waals surface area contributed by atoms with Crippen LogP contribution >= 0.6 is 0 Å². The smallest absolute Gasteiger partial charge is 0.140 e. The van der Waals surface area contributed by atoms with Gasteiger partial charge in [-0.2, -0.15) is 0 Å². The summed E-state index contributed by atoms with van der Waals surface area (Å²) in [6.45, 7) is 0.800. The minimum Gasteiger partial charge on any atom is -0.464 e. The first-order valence-electron chi connectivity index (χ1n) is 7.10. The van der Waals surface area contributed by atoms with Crippen LogP contribution < -0.4 is 4.90 Å². The van der Waals surface area contributed by atoms with Crippen LogP contribution in [0.4, 0.5) is 5.82 Å². The van der Waals surface area contributed by atoms with E-state index in [2.05, 4.69) is 9.88 Å². The van der Waals surface area contributed by atoms with Crippen molar-refractivity contribution in [2.75, 3.05) is 18.1 Å². The highest BCUT2D eigenvalue weighted by molar-refractivity contribution is 5.88. The number of fused-ring (bicyclic) bond motifs is 1. The Labute approximate surface area is 113 Å². The highest BCUT2D eigenvalue weighted by Gasteiger charge is 2.23. The summed E-state index contributed by atoms with van der Waals surface area (Å²) in [6.07, 6.45) is 9.74. The molecule has 0 aliphatic heterocycles. The maximum absolute atomic E-state index is 9.36. The Morgan fingerprint density at radius 1 is 1.26 bits per heavy atom. The molecule has 1 fully saturated rings. The van der Waals surface area contributed by atoms with E-state index >= 15 is 0 Å². The maximum Gasteiger partial charge on any atom is 0.140 e. The minimum atomic E-state index is 0.159. The Morgan fingerprint density at radius 3 is 2.89 bits per heavy atom. The van der Waals surface area contributed by atoms with E-state index in [1.54, 1.807) is 12.5 Å². The molecule has 1 saturated carbocycles. The van der Waals surface area contributed by atoms with Gasteiger partial charge in [-0.05, 0) is 25.0 Å². The summed E-state index contributed by atoms with van der Waals surface area (Å²) in [5.74, 6) is 0.951. The molecule has 0 amide bonds. The van der Waals surface area contributed by atoms with Crippen LogP contribution in [0.3, 0.4) is 0 Å². The predicted molar refractivity (Wildman–Crippen MR) is 75.3 cm³/mol. The third-order valence-corrected chi connectivity index (χ3v) is 3.99. The molecule has 102 valence electrons. The number of aliphatic hydroxyl groups excluding tert-OH is 1. The van der Waals surface area contributed by atoms with Gasteiger partial charge in [0.05, 0.1) is 18.3 Å². The second-order valence-corrected chi connectivity index (χ2v) is 5.18. The first-order chi connectivity index (χ1) is 9.40. The van der Waals surface area contributed by atoms with E-state index in [4.69, 9.17) is 4.42 Å². The summed E-state index contributed by atoms with van der Waals surface area (Å²) in [5.41, 5.74) is 0.865. The van der Waals surface area contributed by atoms with Crippen LogP contribution in [0.5, 0.6) is 0 Å². The van der Waals surface area contributed by atoms with E-state index in [9.17, 15) is 5.11 Å². The quantitative estimate of drug-likeness (QED) is 0.918. The van der Waals surface area contributed by atoms with E-state index in [1.807, 2.05) is 12.1 Å². The van der Waals surface area contributed by atoms with Crippen LogP contribution in [0, 0.1) is 0 Å². The fourth-order valence-corrected chi connectivity index (χ4v) is 3.07. The lowest BCUT2D eigenvalue weighted by atomic mass is 9.94. The van der Waals surface area contributed by atoms with E-state index in [0.29, 0.717) is 12.6 Å². The number of nitrogens with zero attached hydrogens (tertiary/aromatic N) is 2. The first-order valence-corrected chi connectivity index (χ1v) is 7.10. The fourth-order valence-electron chi connectivity index (χ4n) is 3.07. The number of anilines is 1. The summed E-state index contributed by atoms with van der Waals surface area (Å²) in [5, 5.41) is 10.4. The molecule has 0 atom stereocenters. The molecule has 0 spiro atoms. The van der Waals surface area contributed by atoms with Crippen molar-refractivity contribution in [2.24, 2.45) is 0 Å². The number of hydrogen-bond donors (Lipinski definition) is 1. The van der Waals surface area contributed by atoms with Crippen molar-refractivity contribution >= 4 is 16.8 Å². The van der Waals surface area contributed by atoms with E-state index < -0.39 is 0 Å². The molecule has 0 unspecified atom stereocenters. The largest absolute Gasteiger partial charge is 0.464 e. The lowest BCUT2D eigenvalue weighted by Gasteiger charge is -2.35. The van der Waals surface area contributed by atoms with Crippen LogP contribution in [0.1, 0.15) is 32.1 Å². The van der Waals surface area contributed by atoms with Crippen LogP contribution in [-0.4, -0.2) is 29.3 Å². The van der Waals surface area contributed by atoms with Gasteiger partial charge >= 0.3 is 0 Å². The lowest BCUT2D eigenvalue weighted by Crippen LogP contribution is -2.39. The third-order valence-electron chi connectivity index (χ3n) is 3.99. The monoisotopic (exact) mass is 260 g/mol. The fraction of sp³-hybridized carbons (Fsp3) is 0.533. The average Bonchev–Trinajstić information content (AvgIpc) is 2.94. The molecule has 3 rings (SSSR count). The standard InChI is InChI=1S/C15H20N2O2/c18-10-9-17(12-4-2-1-3-5-12)15-13-7-11-19-14(13)6-8-16-15/h6-8,11-12,18H,1-5,9-10H2. The molecule has 4 heteroatoms. The molecule has 2 aromatic heterocycles. The molecule has 19 heavy (non-hydrogen) atoms. The second kappa shape index (κ2) is 5.61. The molecule has 0 saturated heterocycles. The molecule has 1 aliphatic rings.